The lowest BCUT2D eigenvalue weighted by atomic mass is 9.96. The van der Waals surface area contributed by atoms with Crippen LogP contribution in [-0.2, 0) is 11.3 Å². The van der Waals surface area contributed by atoms with Crippen LogP contribution in [0, 0.1) is 18.8 Å². The number of nitrogens with one attached hydrogen (secondary N) is 1. The van der Waals surface area contributed by atoms with E-state index in [-0.39, 0.29) is 11.9 Å². The number of aryl methyl sites for hydroxylation is 1. The molecule has 2 aliphatic rings. The lowest BCUT2D eigenvalue weighted by Crippen LogP contribution is -2.39. The Morgan fingerprint density at radius 2 is 2.17 bits per heavy atom. The van der Waals surface area contributed by atoms with Gasteiger partial charge in [0.1, 0.15) is 0 Å². The Hall–Kier alpha value is -0.980. The van der Waals surface area contributed by atoms with E-state index in [1.165, 1.54) is 12.1 Å². The van der Waals surface area contributed by atoms with Gasteiger partial charge in [0.05, 0.1) is 10.7 Å². The van der Waals surface area contributed by atoms with Gasteiger partial charge in [-0.2, -0.15) is 0 Å². The standard InChI is InChI=1S/C18H30N4OS/c1-13-21-16(12-24-13)11-22-7-5-14(6-8-22)10-20-18(23)9-15-3-2-4-17(15)19/h12,14-15,17H,2-11,19H2,1H3,(H,20,23)/t15-,17+/m0/s1. The van der Waals surface area contributed by atoms with E-state index in [0.29, 0.717) is 18.3 Å². The van der Waals surface area contributed by atoms with Crippen LogP contribution in [0.2, 0.25) is 0 Å². The highest BCUT2D eigenvalue weighted by atomic mass is 32.1. The minimum Gasteiger partial charge on any atom is -0.356 e. The van der Waals surface area contributed by atoms with Crippen molar-refractivity contribution >= 4 is 17.2 Å². The Balaban J connectivity index is 1.32. The molecule has 1 amide bonds. The molecule has 0 unspecified atom stereocenters. The SMILES string of the molecule is Cc1nc(CN2CCC(CNC(=O)C[C@@H]3CCC[C@H]3N)CC2)cs1. The molecule has 1 aromatic heterocycles. The summed E-state index contributed by atoms with van der Waals surface area (Å²) in [6, 6.07) is 0.230. The van der Waals surface area contributed by atoms with Crippen LogP contribution in [-0.4, -0.2) is 41.5 Å². The fourth-order valence-corrected chi connectivity index (χ4v) is 4.55. The maximum absolute atomic E-state index is 12.1. The van der Waals surface area contributed by atoms with Crippen molar-refractivity contribution in [2.75, 3.05) is 19.6 Å². The van der Waals surface area contributed by atoms with Crippen molar-refractivity contribution in [3.05, 3.63) is 16.1 Å². The van der Waals surface area contributed by atoms with E-state index in [0.717, 1.165) is 56.9 Å². The number of nitrogens with two attached hydrogens (primary N) is 1. The van der Waals surface area contributed by atoms with Gasteiger partial charge in [-0.3, -0.25) is 9.69 Å². The van der Waals surface area contributed by atoms with Crippen LogP contribution in [0.15, 0.2) is 5.38 Å². The van der Waals surface area contributed by atoms with E-state index >= 15 is 0 Å². The largest absolute Gasteiger partial charge is 0.356 e. The third kappa shape index (κ3) is 5.01. The fraction of sp³-hybridized carbons (Fsp3) is 0.778. The van der Waals surface area contributed by atoms with Crippen molar-refractivity contribution in [3.63, 3.8) is 0 Å². The number of amides is 1. The summed E-state index contributed by atoms with van der Waals surface area (Å²) in [5.41, 5.74) is 7.25. The summed E-state index contributed by atoms with van der Waals surface area (Å²) < 4.78 is 0. The number of nitrogens with zero attached hydrogens (tertiary/aromatic N) is 2. The van der Waals surface area contributed by atoms with Crippen molar-refractivity contribution < 1.29 is 4.79 Å². The van der Waals surface area contributed by atoms with Crippen molar-refractivity contribution in [2.45, 2.75) is 58.0 Å². The number of piperidine rings is 1. The van der Waals surface area contributed by atoms with Gasteiger partial charge in [-0.1, -0.05) is 6.42 Å². The molecular weight excluding hydrogens is 320 g/mol. The maximum Gasteiger partial charge on any atom is 0.220 e. The van der Waals surface area contributed by atoms with Crippen LogP contribution in [0.3, 0.4) is 0 Å². The number of thiazole rings is 1. The molecular formula is C18H30N4OS. The monoisotopic (exact) mass is 350 g/mol. The van der Waals surface area contributed by atoms with Crippen LogP contribution in [0.5, 0.6) is 0 Å². The first-order valence-corrected chi connectivity index (χ1v) is 10.1. The molecule has 0 bridgehead atoms. The molecule has 3 N–H and O–H groups in total. The van der Waals surface area contributed by atoms with Crippen LogP contribution < -0.4 is 11.1 Å². The zero-order valence-corrected chi connectivity index (χ0v) is 15.5. The van der Waals surface area contributed by atoms with Crippen LogP contribution in [0.1, 0.15) is 49.2 Å². The average Bonchev–Trinajstić information content (AvgIpc) is 3.15. The van der Waals surface area contributed by atoms with E-state index in [4.69, 9.17) is 5.73 Å². The molecule has 134 valence electrons. The zero-order chi connectivity index (χ0) is 16.9. The van der Waals surface area contributed by atoms with E-state index < -0.39 is 0 Å². The Morgan fingerprint density at radius 3 is 2.79 bits per heavy atom. The lowest BCUT2D eigenvalue weighted by Gasteiger charge is -2.31. The van der Waals surface area contributed by atoms with E-state index in [1.807, 2.05) is 0 Å². The molecule has 2 heterocycles. The molecule has 1 aromatic rings. The third-order valence-electron chi connectivity index (χ3n) is 5.51. The second-order valence-electron chi connectivity index (χ2n) is 7.44. The summed E-state index contributed by atoms with van der Waals surface area (Å²) in [4.78, 5) is 19.1. The number of carbonyl (C=O) groups is 1. The molecule has 2 atom stereocenters. The lowest BCUT2D eigenvalue weighted by molar-refractivity contribution is -0.122. The van der Waals surface area contributed by atoms with Crippen molar-refractivity contribution in [1.82, 2.24) is 15.2 Å². The first-order chi connectivity index (χ1) is 11.6. The van der Waals surface area contributed by atoms with Crippen molar-refractivity contribution in [3.8, 4) is 0 Å². The molecule has 24 heavy (non-hydrogen) atoms. The molecule has 1 saturated heterocycles. The first-order valence-electron chi connectivity index (χ1n) is 9.26. The van der Waals surface area contributed by atoms with E-state index in [2.05, 4.69) is 27.5 Å². The van der Waals surface area contributed by atoms with Gasteiger partial charge in [0.2, 0.25) is 5.91 Å². The number of rotatable bonds is 6. The number of aromatic nitrogens is 1. The summed E-state index contributed by atoms with van der Waals surface area (Å²) in [7, 11) is 0. The van der Waals surface area contributed by atoms with Gasteiger partial charge in [0, 0.05) is 30.9 Å². The molecule has 6 heteroatoms. The predicted molar refractivity (Wildman–Crippen MR) is 97.8 cm³/mol. The van der Waals surface area contributed by atoms with Crippen molar-refractivity contribution in [1.29, 1.82) is 0 Å². The van der Waals surface area contributed by atoms with Gasteiger partial charge in [-0.15, -0.1) is 11.3 Å². The average molecular weight is 351 g/mol. The van der Waals surface area contributed by atoms with Crippen molar-refractivity contribution in [2.24, 2.45) is 17.6 Å². The summed E-state index contributed by atoms with van der Waals surface area (Å²) in [6.07, 6.45) is 6.30. The van der Waals surface area contributed by atoms with Gasteiger partial charge in [-0.25, -0.2) is 4.98 Å². The van der Waals surface area contributed by atoms with Gasteiger partial charge >= 0.3 is 0 Å². The van der Waals surface area contributed by atoms with E-state index in [9.17, 15) is 4.79 Å². The summed E-state index contributed by atoms with van der Waals surface area (Å²) in [5, 5.41) is 6.45. The molecule has 0 radical (unpaired) electrons. The summed E-state index contributed by atoms with van der Waals surface area (Å²) >= 11 is 1.72. The Kier molecular flexibility index (Phi) is 6.25. The normalized spacial score (nSPS) is 25.9. The van der Waals surface area contributed by atoms with Gasteiger partial charge in [-0.05, 0) is 57.5 Å². The Labute approximate surface area is 149 Å². The number of carbonyl (C=O) groups excluding carboxylic acids is 1. The highest BCUT2D eigenvalue weighted by molar-refractivity contribution is 7.09. The molecule has 3 rings (SSSR count). The number of hydrogen-bond acceptors (Lipinski definition) is 5. The minimum absolute atomic E-state index is 0.192. The third-order valence-corrected chi connectivity index (χ3v) is 6.34. The van der Waals surface area contributed by atoms with Gasteiger partial charge in [0.15, 0.2) is 0 Å². The molecule has 2 fully saturated rings. The van der Waals surface area contributed by atoms with Gasteiger partial charge in [0.25, 0.3) is 0 Å². The highest BCUT2D eigenvalue weighted by Crippen LogP contribution is 2.26. The molecule has 1 saturated carbocycles. The molecule has 0 aromatic carbocycles. The Morgan fingerprint density at radius 1 is 1.38 bits per heavy atom. The smallest absolute Gasteiger partial charge is 0.220 e. The van der Waals surface area contributed by atoms with Crippen LogP contribution in [0.25, 0.3) is 0 Å². The molecule has 1 aliphatic heterocycles. The molecule has 0 spiro atoms. The van der Waals surface area contributed by atoms with Crippen LogP contribution in [0.4, 0.5) is 0 Å². The fourth-order valence-electron chi connectivity index (χ4n) is 3.95. The summed E-state index contributed by atoms with van der Waals surface area (Å²) in [6.45, 7) is 6.05. The Bertz CT molecular complexity index is 539. The number of hydrogen-bond donors (Lipinski definition) is 2. The minimum atomic E-state index is 0.192. The van der Waals surface area contributed by atoms with Crippen LogP contribution >= 0.6 is 11.3 Å². The number of likely N-dealkylation sites (tertiary alicyclic amines) is 1. The summed E-state index contributed by atoms with van der Waals surface area (Å²) in [5.74, 6) is 1.20. The maximum atomic E-state index is 12.1. The molecule has 5 nitrogen and oxygen atoms in total. The van der Waals surface area contributed by atoms with E-state index in [1.54, 1.807) is 11.3 Å². The molecule has 1 aliphatic carbocycles. The topological polar surface area (TPSA) is 71.2 Å². The second kappa shape index (κ2) is 8.41. The second-order valence-corrected chi connectivity index (χ2v) is 8.50. The zero-order valence-electron chi connectivity index (χ0n) is 14.7. The highest BCUT2D eigenvalue weighted by Gasteiger charge is 2.26. The predicted octanol–water partition coefficient (Wildman–Crippen LogP) is 2.30. The van der Waals surface area contributed by atoms with Gasteiger partial charge < -0.3 is 11.1 Å². The first kappa shape index (κ1) is 17.8. The quantitative estimate of drug-likeness (QED) is 0.826.